The lowest BCUT2D eigenvalue weighted by Crippen LogP contribution is -2.46. The highest BCUT2D eigenvalue weighted by Gasteiger charge is 2.24. The number of likely N-dealkylation sites (tertiary alicyclic amines) is 2. The van der Waals surface area contributed by atoms with E-state index in [4.69, 9.17) is 0 Å². The molecule has 2 saturated heterocycles. The molecule has 1 amide bonds. The standard InChI is InChI=1S/C12H20N2O3/c15-10-1-5-13(6-2-10)9-12(17)14-7-3-11(16)4-8-14/h10,15H,1-9H2. The number of aliphatic hydroxyl groups excluding tert-OH is 1. The minimum absolute atomic E-state index is 0.119. The first-order valence-corrected chi connectivity index (χ1v) is 6.35. The van der Waals surface area contributed by atoms with Gasteiger partial charge in [-0.2, -0.15) is 0 Å². The zero-order valence-electron chi connectivity index (χ0n) is 10.1. The molecule has 2 fully saturated rings. The molecule has 1 N–H and O–H groups in total. The maximum Gasteiger partial charge on any atom is 0.236 e. The van der Waals surface area contributed by atoms with Crippen LogP contribution in [-0.2, 0) is 9.59 Å². The molecule has 0 saturated carbocycles. The van der Waals surface area contributed by atoms with Crippen LogP contribution in [-0.4, -0.2) is 65.4 Å². The summed E-state index contributed by atoms with van der Waals surface area (Å²) in [5.74, 6) is 0.379. The van der Waals surface area contributed by atoms with Crippen molar-refractivity contribution in [2.45, 2.75) is 31.8 Å². The van der Waals surface area contributed by atoms with Gasteiger partial charge in [-0.1, -0.05) is 0 Å². The number of hydrogen-bond acceptors (Lipinski definition) is 4. The molecule has 0 aromatic heterocycles. The smallest absolute Gasteiger partial charge is 0.236 e. The number of nitrogens with zero attached hydrogens (tertiary/aromatic N) is 2. The second-order valence-corrected chi connectivity index (χ2v) is 4.93. The molecule has 0 atom stereocenters. The normalized spacial score (nSPS) is 24.1. The summed E-state index contributed by atoms with van der Waals surface area (Å²) in [5.41, 5.74) is 0. The number of aliphatic hydroxyl groups is 1. The number of ketones is 1. The number of Topliss-reactive ketones (excluding diaryl/α,β-unsaturated/α-hetero) is 1. The van der Waals surface area contributed by atoms with Gasteiger partial charge in [-0.25, -0.2) is 0 Å². The highest BCUT2D eigenvalue weighted by Crippen LogP contribution is 2.11. The zero-order chi connectivity index (χ0) is 12.3. The van der Waals surface area contributed by atoms with Gasteiger partial charge in [0.05, 0.1) is 12.6 Å². The van der Waals surface area contributed by atoms with E-state index in [-0.39, 0.29) is 17.8 Å². The number of amides is 1. The van der Waals surface area contributed by atoms with E-state index >= 15 is 0 Å². The molecule has 17 heavy (non-hydrogen) atoms. The second kappa shape index (κ2) is 5.60. The predicted molar refractivity (Wildman–Crippen MR) is 62.5 cm³/mol. The van der Waals surface area contributed by atoms with E-state index in [0.717, 1.165) is 25.9 Å². The van der Waals surface area contributed by atoms with Crippen LogP contribution in [0.2, 0.25) is 0 Å². The fourth-order valence-corrected chi connectivity index (χ4v) is 2.37. The molecular weight excluding hydrogens is 220 g/mol. The number of carbonyl (C=O) groups excluding carboxylic acids is 2. The molecule has 96 valence electrons. The highest BCUT2D eigenvalue weighted by atomic mass is 16.3. The molecule has 5 nitrogen and oxygen atoms in total. The van der Waals surface area contributed by atoms with Crippen molar-refractivity contribution in [3.8, 4) is 0 Å². The molecule has 0 unspecified atom stereocenters. The Kier molecular flexibility index (Phi) is 4.12. The van der Waals surface area contributed by atoms with Crippen LogP contribution in [0.4, 0.5) is 0 Å². The van der Waals surface area contributed by atoms with Gasteiger partial charge in [0.2, 0.25) is 5.91 Å². The van der Waals surface area contributed by atoms with Gasteiger partial charge in [-0.05, 0) is 12.8 Å². The van der Waals surface area contributed by atoms with Crippen LogP contribution < -0.4 is 0 Å². The van der Waals surface area contributed by atoms with Crippen LogP contribution in [0.1, 0.15) is 25.7 Å². The van der Waals surface area contributed by atoms with Crippen LogP contribution >= 0.6 is 0 Å². The molecule has 2 aliphatic rings. The predicted octanol–water partition coefficient (Wildman–Crippen LogP) is -0.365. The largest absolute Gasteiger partial charge is 0.393 e. The van der Waals surface area contributed by atoms with Crippen molar-refractivity contribution in [1.82, 2.24) is 9.80 Å². The molecule has 0 aromatic carbocycles. The van der Waals surface area contributed by atoms with Gasteiger partial charge in [-0.15, -0.1) is 0 Å². The number of carbonyl (C=O) groups is 2. The van der Waals surface area contributed by atoms with Crippen LogP contribution in [0, 0.1) is 0 Å². The third-order valence-corrected chi connectivity index (χ3v) is 3.59. The van der Waals surface area contributed by atoms with Gasteiger partial charge in [0.1, 0.15) is 5.78 Å². The van der Waals surface area contributed by atoms with Gasteiger partial charge >= 0.3 is 0 Å². The van der Waals surface area contributed by atoms with Gasteiger partial charge in [0, 0.05) is 39.0 Å². The van der Waals surface area contributed by atoms with E-state index in [0.29, 0.717) is 32.5 Å². The van der Waals surface area contributed by atoms with E-state index in [1.807, 2.05) is 0 Å². The third-order valence-electron chi connectivity index (χ3n) is 3.59. The molecule has 2 aliphatic heterocycles. The Bertz CT molecular complexity index is 288. The van der Waals surface area contributed by atoms with E-state index in [2.05, 4.69) is 4.90 Å². The first kappa shape index (κ1) is 12.5. The molecule has 0 radical (unpaired) electrons. The first-order valence-electron chi connectivity index (χ1n) is 6.35. The Morgan fingerprint density at radius 3 is 2.35 bits per heavy atom. The molecule has 0 aromatic rings. The fourth-order valence-electron chi connectivity index (χ4n) is 2.37. The number of rotatable bonds is 2. The van der Waals surface area contributed by atoms with Crippen molar-refractivity contribution in [3.05, 3.63) is 0 Å². The van der Waals surface area contributed by atoms with Crippen LogP contribution in [0.25, 0.3) is 0 Å². The molecule has 0 bridgehead atoms. The second-order valence-electron chi connectivity index (χ2n) is 4.93. The lowest BCUT2D eigenvalue weighted by atomic mass is 10.1. The lowest BCUT2D eigenvalue weighted by molar-refractivity contribution is -0.136. The topological polar surface area (TPSA) is 60.9 Å². The minimum Gasteiger partial charge on any atom is -0.393 e. The van der Waals surface area contributed by atoms with Crippen molar-refractivity contribution in [2.24, 2.45) is 0 Å². The summed E-state index contributed by atoms with van der Waals surface area (Å²) in [6.07, 6.45) is 2.32. The summed E-state index contributed by atoms with van der Waals surface area (Å²) in [4.78, 5) is 26.9. The Morgan fingerprint density at radius 2 is 1.76 bits per heavy atom. The number of piperidine rings is 2. The third kappa shape index (κ3) is 3.51. The van der Waals surface area contributed by atoms with E-state index in [1.165, 1.54) is 0 Å². The Labute approximate surface area is 101 Å². The molecule has 2 heterocycles. The Balaban J connectivity index is 1.75. The maximum atomic E-state index is 12.0. The van der Waals surface area contributed by atoms with Gasteiger partial charge in [-0.3, -0.25) is 14.5 Å². The summed E-state index contributed by atoms with van der Waals surface area (Å²) >= 11 is 0. The van der Waals surface area contributed by atoms with Crippen molar-refractivity contribution < 1.29 is 14.7 Å². The van der Waals surface area contributed by atoms with E-state index in [1.54, 1.807) is 4.90 Å². The average Bonchev–Trinajstić information content (AvgIpc) is 2.33. The van der Waals surface area contributed by atoms with E-state index in [9.17, 15) is 14.7 Å². The molecule has 0 spiro atoms. The molecular formula is C12H20N2O3. The van der Waals surface area contributed by atoms with Gasteiger partial charge in [0.15, 0.2) is 0 Å². The van der Waals surface area contributed by atoms with Crippen LogP contribution in [0.3, 0.4) is 0 Å². The van der Waals surface area contributed by atoms with Gasteiger partial charge < -0.3 is 10.0 Å². The lowest BCUT2D eigenvalue weighted by Gasteiger charge is -2.32. The highest BCUT2D eigenvalue weighted by molar-refractivity contribution is 5.84. The quantitative estimate of drug-likeness (QED) is 0.715. The van der Waals surface area contributed by atoms with Crippen molar-refractivity contribution in [1.29, 1.82) is 0 Å². The Hall–Kier alpha value is -0.940. The van der Waals surface area contributed by atoms with Crippen LogP contribution in [0.5, 0.6) is 0 Å². The minimum atomic E-state index is -0.200. The van der Waals surface area contributed by atoms with Crippen molar-refractivity contribution in [2.75, 3.05) is 32.7 Å². The average molecular weight is 240 g/mol. The molecule has 0 aliphatic carbocycles. The molecule has 2 rings (SSSR count). The molecule has 5 heteroatoms. The van der Waals surface area contributed by atoms with E-state index < -0.39 is 0 Å². The van der Waals surface area contributed by atoms with Crippen molar-refractivity contribution in [3.63, 3.8) is 0 Å². The summed E-state index contributed by atoms with van der Waals surface area (Å²) in [6, 6.07) is 0. The van der Waals surface area contributed by atoms with Crippen molar-refractivity contribution >= 4 is 11.7 Å². The summed E-state index contributed by atoms with van der Waals surface area (Å²) in [6.45, 7) is 3.17. The van der Waals surface area contributed by atoms with Gasteiger partial charge in [0.25, 0.3) is 0 Å². The number of hydrogen-bond donors (Lipinski definition) is 1. The van der Waals surface area contributed by atoms with Crippen LogP contribution in [0.15, 0.2) is 0 Å². The summed E-state index contributed by atoms with van der Waals surface area (Å²) < 4.78 is 0. The summed E-state index contributed by atoms with van der Waals surface area (Å²) in [5, 5.41) is 9.38. The Morgan fingerprint density at radius 1 is 1.18 bits per heavy atom. The first-order chi connectivity index (χ1) is 8.15. The monoisotopic (exact) mass is 240 g/mol. The zero-order valence-corrected chi connectivity index (χ0v) is 10.1. The summed E-state index contributed by atoms with van der Waals surface area (Å²) in [7, 11) is 0. The SMILES string of the molecule is O=C1CCN(C(=O)CN2CCC(O)CC2)CC1. The maximum absolute atomic E-state index is 12.0. The fraction of sp³-hybridized carbons (Fsp3) is 0.833.